The normalized spacial score (nSPS) is 15.4. The van der Waals surface area contributed by atoms with Crippen LogP contribution in [0.2, 0.25) is 0 Å². The number of amides is 1. The Balaban J connectivity index is 1.60. The minimum atomic E-state index is -3.66. The molecule has 0 radical (unpaired) electrons. The number of nitrogens with zero attached hydrogens (tertiary/aromatic N) is 5. The van der Waals surface area contributed by atoms with E-state index < -0.39 is 10.0 Å². The lowest BCUT2D eigenvalue weighted by Gasteiger charge is -2.34. The van der Waals surface area contributed by atoms with Crippen LogP contribution in [0.25, 0.3) is 10.8 Å². The van der Waals surface area contributed by atoms with Gasteiger partial charge >= 0.3 is 0 Å². The van der Waals surface area contributed by atoms with Crippen molar-refractivity contribution in [3.05, 3.63) is 64.8 Å². The maximum Gasteiger partial charge on any atom is 0.275 e. The van der Waals surface area contributed by atoms with Crippen molar-refractivity contribution in [3.63, 3.8) is 0 Å². The molecule has 9 nitrogen and oxygen atoms in total. The van der Waals surface area contributed by atoms with Gasteiger partial charge in [0, 0.05) is 50.5 Å². The van der Waals surface area contributed by atoms with Crippen molar-refractivity contribution in [1.82, 2.24) is 24.0 Å². The summed E-state index contributed by atoms with van der Waals surface area (Å²) in [6, 6.07) is 10.0. The number of piperazine rings is 1. The van der Waals surface area contributed by atoms with E-state index >= 15 is 0 Å². The number of hydrogen-bond donors (Lipinski definition) is 0. The molecule has 0 unspecified atom stereocenters. The molecule has 0 aliphatic carbocycles. The topological polar surface area (TPSA) is 105 Å². The number of carbonyl (C=O) groups is 1. The van der Waals surface area contributed by atoms with E-state index in [4.69, 9.17) is 0 Å². The molecule has 1 saturated heterocycles. The number of benzene rings is 1. The van der Waals surface area contributed by atoms with Crippen LogP contribution in [0.4, 0.5) is 0 Å². The zero-order valence-electron chi connectivity index (χ0n) is 18.0. The van der Waals surface area contributed by atoms with Crippen molar-refractivity contribution in [2.24, 2.45) is 5.92 Å². The summed E-state index contributed by atoms with van der Waals surface area (Å²) < 4.78 is 28.4. The number of fused-ring (bicyclic) bond motifs is 1. The Morgan fingerprint density at radius 3 is 2.34 bits per heavy atom. The first-order chi connectivity index (χ1) is 15.3. The Bertz CT molecular complexity index is 1300. The molecule has 4 rings (SSSR count). The Hall–Kier alpha value is -3.11. The number of aromatic nitrogens is 3. The third-order valence-corrected chi connectivity index (χ3v) is 7.29. The Kier molecular flexibility index (Phi) is 6.07. The van der Waals surface area contributed by atoms with E-state index in [-0.39, 0.29) is 54.2 Å². The van der Waals surface area contributed by atoms with Crippen LogP contribution in [0, 0.1) is 5.92 Å². The molecular formula is C22H25N5O4S. The molecule has 0 saturated carbocycles. The third kappa shape index (κ3) is 4.15. The summed E-state index contributed by atoms with van der Waals surface area (Å²) >= 11 is 0. The average molecular weight is 456 g/mol. The fourth-order valence-corrected chi connectivity index (χ4v) is 5.18. The van der Waals surface area contributed by atoms with Gasteiger partial charge in [0.1, 0.15) is 4.90 Å². The molecule has 0 spiro atoms. The molecule has 0 atom stereocenters. The van der Waals surface area contributed by atoms with Crippen molar-refractivity contribution < 1.29 is 13.2 Å². The van der Waals surface area contributed by atoms with Crippen LogP contribution in [0.3, 0.4) is 0 Å². The first kappa shape index (κ1) is 22.1. The Labute approximate surface area is 186 Å². The average Bonchev–Trinajstić information content (AvgIpc) is 2.81. The van der Waals surface area contributed by atoms with E-state index in [1.54, 1.807) is 35.2 Å². The number of carbonyl (C=O) groups excluding carboxylic acids is 1. The molecule has 1 fully saturated rings. The summed E-state index contributed by atoms with van der Waals surface area (Å²) in [6.07, 6.45) is 2.84. The summed E-state index contributed by atoms with van der Waals surface area (Å²) in [5.41, 5.74) is -0.0114. The molecule has 1 aliphatic rings. The highest BCUT2D eigenvalue weighted by molar-refractivity contribution is 7.89. The van der Waals surface area contributed by atoms with Gasteiger partial charge in [-0.25, -0.2) is 13.1 Å². The highest BCUT2D eigenvalue weighted by Gasteiger charge is 2.31. The van der Waals surface area contributed by atoms with Crippen molar-refractivity contribution in [1.29, 1.82) is 0 Å². The second kappa shape index (κ2) is 8.79. The van der Waals surface area contributed by atoms with Crippen LogP contribution < -0.4 is 5.56 Å². The smallest absolute Gasteiger partial charge is 0.275 e. The lowest BCUT2D eigenvalue weighted by molar-refractivity contribution is 0.0691. The molecule has 3 heterocycles. The fourth-order valence-electron chi connectivity index (χ4n) is 3.79. The highest BCUT2D eigenvalue weighted by Crippen LogP contribution is 2.20. The maximum absolute atomic E-state index is 13.4. The van der Waals surface area contributed by atoms with Gasteiger partial charge in [-0.05, 0) is 24.1 Å². The molecule has 10 heteroatoms. The summed E-state index contributed by atoms with van der Waals surface area (Å²) in [5, 5.41) is 5.36. The molecule has 1 aliphatic heterocycles. The van der Waals surface area contributed by atoms with Crippen molar-refractivity contribution in [2.45, 2.75) is 25.3 Å². The van der Waals surface area contributed by atoms with Gasteiger partial charge in [-0.15, -0.1) is 0 Å². The lowest BCUT2D eigenvalue weighted by Crippen LogP contribution is -2.50. The van der Waals surface area contributed by atoms with E-state index in [0.717, 1.165) is 0 Å². The summed E-state index contributed by atoms with van der Waals surface area (Å²) in [7, 11) is -3.66. The molecule has 1 aromatic carbocycles. The largest absolute Gasteiger partial charge is 0.335 e. The first-order valence-corrected chi connectivity index (χ1v) is 11.9. The number of sulfonamides is 1. The van der Waals surface area contributed by atoms with Gasteiger partial charge in [0.25, 0.3) is 11.5 Å². The predicted octanol–water partition coefficient (Wildman–Crippen LogP) is 1.59. The number of pyridine rings is 1. The quantitative estimate of drug-likeness (QED) is 0.579. The van der Waals surface area contributed by atoms with Gasteiger partial charge in [0.2, 0.25) is 10.0 Å². The molecule has 2 aromatic heterocycles. The van der Waals surface area contributed by atoms with Crippen LogP contribution in [0.15, 0.2) is 58.5 Å². The zero-order chi connectivity index (χ0) is 22.9. The summed E-state index contributed by atoms with van der Waals surface area (Å²) in [5.74, 6) is -0.123. The van der Waals surface area contributed by atoms with Gasteiger partial charge in [-0.1, -0.05) is 32.0 Å². The minimum absolute atomic E-state index is 0.133. The molecule has 3 aromatic rings. The van der Waals surface area contributed by atoms with E-state index in [9.17, 15) is 18.0 Å². The predicted molar refractivity (Wildman–Crippen MR) is 120 cm³/mol. The van der Waals surface area contributed by atoms with Gasteiger partial charge in [0.05, 0.1) is 5.39 Å². The van der Waals surface area contributed by atoms with E-state index in [1.165, 1.54) is 27.4 Å². The monoisotopic (exact) mass is 455 g/mol. The van der Waals surface area contributed by atoms with Crippen molar-refractivity contribution in [3.8, 4) is 0 Å². The molecule has 168 valence electrons. The molecule has 0 bridgehead atoms. The molecule has 32 heavy (non-hydrogen) atoms. The van der Waals surface area contributed by atoms with Gasteiger partial charge in [0.15, 0.2) is 5.69 Å². The highest BCUT2D eigenvalue weighted by atomic mass is 32.2. The van der Waals surface area contributed by atoms with Crippen molar-refractivity contribution >= 4 is 26.7 Å². The second-order valence-electron chi connectivity index (χ2n) is 8.16. The minimum Gasteiger partial charge on any atom is -0.335 e. The van der Waals surface area contributed by atoms with Crippen LogP contribution >= 0.6 is 0 Å². The molecule has 0 N–H and O–H groups in total. The lowest BCUT2D eigenvalue weighted by atomic mass is 10.1. The third-order valence-electron chi connectivity index (χ3n) is 5.41. The Morgan fingerprint density at radius 1 is 1.03 bits per heavy atom. The van der Waals surface area contributed by atoms with Gasteiger partial charge < -0.3 is 4.90 Å². The Morgan fingerprint density at radius 2 is 1.72 bits per heavy atom. The first-order valence-electron chi connectivity index (χ1n) is 10.5. The van der Waals surface area contributed by atoms with Crippen LogP contribution in [0.1, 0.15) is 24.3 Å². The molecule has 1 amide bonds. The zero-order valence-corrected chi connectivity index (χ0v) is 18.8. The second-order valence-corrected chi connectivity index (χ2v) is 10.1. The summed E-state index contributed by atoms with van der Waals surface area (Å²) in [6.45, 7) is 5.18. The van der Waals surface area contributed by atoms with Crippen LogP contribution in [-0.4, -0.2) is 64.5 Å². The molecular weight excluding hydrogens is 430 g/mol. The van der Waals surface area contributed by atoms with Crippen LogP contribution in [-0.2, 0) is 16.6 Å². The van der Waals surface area contributed by atoms with E-state index in [0.29, 0.717) is 17.3 Å². The van der Waals surface area contributed by atoms with Gasteiger partial charge in [-0.3, -0.25) is 14.6 Å². The van der Waals surface area contributed by atoms with E-state index in [1.807, 2.05) is 13.8 Å². The standard InChI is InChI=1S/C22H25N5O4S/c1-16(2)15-27-21(28)19-8-4-3-7-18(19)20(24-27)22(29)25-10-12-26(13-11-25)32(30,31)17-6-5-9-23-14-17/h3-9,14,16H,10-13,15H2,1-2H3. The number of hydrogen-bond acceptors (Lipinski definition) is 6. The summed E-state index contributed by atoms with van der Waals surface area (Å²) in [4.78, 5) is 31.8. The van der Waals surface area contributed by atoms with Crippen molar-refractivity contribution in [2.75, 3.05) is 26.2 Å². The maximum atomic E-state index is 13.4. The SMILES string of the molecule is CC(C)Cn1nc(C(=O)N2CCN(S(=O)(=O)c3cccnc3)CC2)c2ccccc2c1=O. The number of rotatable bonds is 5. The fraction of sp³-hybridized carbons (Fsp3) is 0.364. The van der Waals surface area contributed by atoms with Crippen LogP contribution in [0.5, 0.6) is 0 Å². The van der Waals surface area contributed by atoms with Gasteiger partial charge in [-0.2, -0.15) is 9.40 Å². The van der Waals surface area contributed by atoms with E-state index in [2.05, 4.69) is 10.1 Å².